The monoisotopic (exact) mass is 364 g/mol. The zero-order valence-electron chi connectivity index (χ0n) is 13.0. The van der Waals surface area contributed by atoms with Crippen LogP contribution in [0.1, 0.15) is 21.7 Å². The normalized spacial score (nSPS) is 11.3. The van der Waals surface area contributed by atoms with Gasteiger partial charge in [-0.1, -0.05) is 12.1 Å². The summed E-state index contributed by atoms with van der Waals surface area (Å²) in [5, 5.41) is 19.8. The summed E-state index contributed by atoms with van der Waals surface area (Å²) in [5.41, 5.74) is -0.658. The molecule has 1 aromatic heterocycles. The molecule has 1 heterocycles. The first-order chi connectivity index (χ1) is 12.3. The van der Waals surface area contributed by atoms with Crippen molar-refractivity contribution < 1.29 is 27.8 Å². The molecule has 0 atom stereocenters. The van der Waals surface area contributed by atoms with E-state index in [-0.39, 0.29) is 29.4 Å². The summed E-state index contributed by atoms with van der Waals surface area (Å²) >= 11 is 0. The van der Waals surface area contributed by atoms with Crippen LogP contribution >= 0.6 is 0 Å². The van der Waals surface area contributed by atoms with Gasteiger partial charge in [-0.05, 0) is 46.8 Å². The smallest absolute Gasteiger partial charge is 0.416 e. The predicted molar refractivity (Wildman–Crippen MR) is 81.9 cm³/mol. The Morgan fingerprint density at radius 1 is 1.15 bits per heavy atom. The van der Waals surface area contributed by atoms with Gasteiger partial charge < -0.3 is 9.84 Å². The lowest BCUT2D eigenvalue weighted by atomic mass is 10.2. The lowest BCUT2D eigenvalue weighted by molar-refractivity contribution is -0.137. The molecule has 0 saturated carbocycles. The number of halogens is 3. The number of aromatic nitrogens is 4. The molecule has 0 spiro atoms. The van der Waals surface area contributed by atoms with E-state index in [1.165, 1.54) is 30.3 Å². The highest BCUT2D eigenvalue weighted by molar-refractivity contribution is 5.87. The van der Waals surface area contributed by atoms with Crippen LogP contribution in [-0.2, 0) is 12.8 Å². The molecule has 0 aliphatic rings. The lowest BCUT2D eigenvalue weighted by Gasteiger charge is -2.10. The Balaban J connectivity index is 1.81. The number of tetrazole rings is 1. The highest BCUT2D eigenvalue weighted by Gasteiger charge is 2.30. The number of benzene rings is 2. The van der Waals surface area contributed by atoms with Crippen LogP contribution in [0.15, 0.2) is 48.5 Å². The van der Waals surface area contributed by atoms with Crippen molar-refractivity contribution in [1.82, 2.24) is 20.2 Å². The highest BCUT2D eigenvalue weighted by Crippen LogP contribution is 2.30. The molecule has 0 radical (unpaired) electrons. The van der Waals surface area contributed by atoms with Crippen LogP contribution in [0.4, 0.5) is 13.2 Å². The van der Waals surface area contributed by atoms with Gasteiger partial charge in [0.25, 0.3) is 0 Å². The molecule has 26 heavy (non-hydrogen) atoms. The molecule has 0 unspecified atom stereocenters. The van der Waals surface area contributed by atoms with Crippen LogP contribution in [0.2, 0.25) is 0 Å². The summed E-state index contributed by atoms with van der Waals surface area (Å²) in [6.07, 6.45) is -4.49. The molecule has 0 aliphatic heterocycles. The van der Waals surface area contributed by atoms with Crippen molar-refractivity contribution in [2.75, 3.05) is 0 Å². The molecule has 134 valence electrons. The molecule has 0 amide bonds. The third-order valence-electron chi connectivity index (χ3n) is 3.40. The Bertz CT molecular complexity index is 940. The highest BCUT2D eigenvalue weighted by atomic mass is 19.4. The molecule has 7 nitrogen and oxygen atoms in total. The summed E-state index contributed by atoms with van der Waals surface area (Å²) in [6, 6.07) is 10.3. The van der Waals surface area contributed by atoms with Gasteiger partial charge in [0.1, 0.15) is 12.4 Å². The Morgan fingerprint density at radius 3 is 2.65 bits per heavy atom. The van der Waals surface area contributed by atoms with E-state index in [1.54, 1.807) is 6.07 Å². The van der Waals surface area contributed by atoms with E-state index >= 15 is 0 Å². The molecule has 0 saturated heterocycles. The van der Waals surface area contributed by atoms with Crippen LogP contribution < -0.4 is 4.74 Å². The van der Waals surface area contributed by atoms with Crippen molar-refractivity contribution in [3.63, 3.8) is 0 Å². The van der Waals surface area contributed by atoms with Crippen LogP contribution in [0.5, 0.6) is 5.75 Å². The standard InChI is InChI=1S/C16H11F3N4O3/c17-16(18,19)11-4-2-5-12(8-11)23-14(20-21-22-23)9-26-13-6-1-3-10(7-13)15(24)25/h1-8H,9H2,(H,24,25). The third-order valence-corrected chi connectivity index (χ3v) is 3.40. The zero-order chi connectivity index (χ0) is 18.7. The Morgan fingerprint density at radius 2 is 1.92 bits per heavy atom. The van der Waals surface area contributed by atoms with Crippen LogP contribution in [0, 0.1) is 0 Å². The van der Waals surface area contributed by atoms with Crippen LogP contribution in [0.3, 0.4) is 0 Å². The van der Waals surface area contributed by atoms with Gasteiger partial charge in [0, 0.05) is 0 Å². The van der Waals surface area contributed by atoms with Crippen molar-refractivity contribution in [2.24, 2.45) is 0 Å². The first-order valence-corrected chi connectivity index (χ1v) is 7.25. The average Bonchev–Trinajstić information content (AvgIpc) is 3.08. The zero-order valence-corrected chi connectivity index (χ0v) is 13.0. The fourth-order valence-electron chi connectivity index (χ4n) is 2.18. The van der Waals surface area contributed by atoms with Crippen LogP contribution in [-0.4, -0.2) is 31.3 Å². The maximum absolute atomic E-state index is 12.8. The minimum Gasteiger partial charge on any atom is -0.486 e. The fraction of sp³-hybridized carbons (Fsp3) is 0.125. The Hall–Kier alpha value is -3.43. The number of alkyl halides is 3. The first kappa shape index (κ1) is 17.4. The van der Waals surface area contributed by atoms with Gasteiger partial charge in [-0.15, -0.1) is 5.10 Å². The van der Waals surface area contributed by atoms with E-state index in [4.69, 9.17) is 9.84 Å². The first-order valence-electron chi connectivity index (χ1n) is 7.25. The van der Waals surface area contributed by atoms with E-state index in [0.29, 0.717) is 0 Å². The molecule has 3 rings (SSSR count). The van der Waals surface area contributed by atoms with E-state index in [2.05, 4.69) is 15.5 Å². The van der Waals surface area contributed by atoms with Gasteiger partial charge in [-0.2, -0.15) is 17.9 Å². The number of rotatable bonds is 5. The molecular weight excluding hydrogens is 353 g/mol. The van der Waals surface area contributed by atoms with Gasteiger partial charge in [0.2, 0.25) is 0 Å². The van der Waals surface area contributed by atoms with Gasteiger partial charge in [-0.3, -0.25) is 0 Å². The Labute approximate surface area is 144 Å². The van der Waals surface area contributed by atoms with E-state index in [1.807, 2.05) is 0 Å². The second kappa shape index (κ2) is 6.82. The maximum Gasteiger partial charge on any atom is 0.416 e. The third kappa shape index (κ3) is 3.79. The average molecular weight is 364 g/mol. The van der Waals surface area contributed by atoms with Crippen molar-refractivity contribution in [2.45, 2.75) is 12.8 Å². The van der Waals surface area contributed by atoms with Gasteiger partial charge >= 0.3 is 12.1 Å². The number of ether oxygens (including phenoxy) is 1. The number of hydrogen-bond acceptors (Lipinski definition) is 5. The van der Waals surface area contributed by atoms with Gasteiger partial charge in [0.05, 0.1) is 16.8 Å². The van der Waals surface area contributed by atoms with Crippen molar-refractivity contribution >= 4 is 5.97 Å². The number of hydrogen-bond donors (Lipinski definition) is 1. The number of carbonyl (C=O) groups is 1. The quantitative estimate of drug-likeness (QED) is 0.749. The molecule has 0 aliphatic carbocycles. The summed E-state index contributed by atoms with van der Waals surface area (Å²) in [5.74, 6) is -0.683. The summed E-state index contributed by atoms with van der Waals surface area (Å²) in [4.78, 5) is 11.0. The van der Waals surface area contributed by atoms with Crippen LogP contribution in [0.25, 0.3) is 5.69 Å². The van der Waals surface area contributed by atoms with Crippen molar-refractivity contribution in [3.05, 3.63) is 65.5 Å². The van der Waals surface area contributed by atoms with Gasteiger partial charge in [0.15, 0.2) is 5.82 Å². The Kier molecular flexibility index (Phi) is 4.57. The minimum atomic E-state index is -4.49. The molecule has 10 heteroatoms. The van der Waals surface area contributed by atoms with Gasteiger partial charge in [-0.25, -0.2) is 4.79 Å². The second-order valence-electron chi connectivity index (χ2n) is 5.18. The summed E-state index contributed by atoms with van der Waals surface area (Å²) in [6.45, 7) is -0.160. The molecule has 0 bridgehead atoms. The SMILES string of the molecule is O=C(O)c1cccc(OCc2nnnn2-c2cccc(C(F)(F)F)c2)c1. The number of nitrogens with zero attached hydrogens (tertiary/aromatic N) is 4. The summed E-state index contributed by atoms with van der Waals surface area (Å²) < 4.78 is 45.1. The molecule has 2 aromatic carbocycles. The molecule has 0 fully saturated rings. The maximum atomic E-state index is 12.8. The van der Waals surface area contributed by atoms with E-state index in [0.717, 1.165) is 16.8 Å². The second-order valence-corrected chi connectivity index (χ2v) is 5.18. The fourth-order valence-corrected chi connectivity index (χ4v) is 2.18. The lowest BCUT2D eigenvalue weighted by Crippen LogP contribution is -2.10. The van der Waals surface area contributed by atoms with Crippen molar-refractivity contribution in [1.29, 1.82) is 0 Å². The molecular formula is C16H11F3N4O3. The predicted octanol–water partition coefficient (Wildman–Crippen LogP) is 2.96. The van der Waals surface area contributed by atoms with E-state index < -0.39 is 17.7 Å². The summed E-state index contributed by atoms with van der Waals surface area (Å²) in [7, 11) is 0. The molecule has 1 N–H and O–H groups in total. The minimum absolute atomic E-state index is 0.0416. The number of aromatic carboxylic acids is 1. The largest absolute Gasteiger partial charge is 0.486 e. The number of carboxylic acids is 1. The number of carboxylic acid groups (broad SMARTS) is 1. The molecule has 3 aromatic rings. The topological polar surface area (TPSA) is 90.1 Å². The van der Waals surface area contributed by atoms with E-state index in [9.17, 15) is 18.0 Å². The van der Waals surface area contributed by atoms with Crippen molar-refractivity contribution in [3.8, 4) is 11.4 Å².